The van der Waals surface area contributed by atoms with E-state index >= 15 is 0 Å². The minimum absolute atomic E-state index is 0. The number of carbonyl (C=O) groups excluding carboxylic acids is 2. The number of anilines is 1. The largest absolute Gasteiger partial charge is 0.469 e. The van der Waals surface area contributed by atoms with Gasteiger partial charge in [-0.1, -0.05) is 31.0 Å². The molecular weight excluding hydrogens is 268 g/mol. The molecule has 1 rings (SSSR count). The number of esters is 1. The fourth-order valence-corrected chi connectivity index (χ4v) is 1.93. The minimum atomic E-state index is -0.159. The maximum atomic E-state index is 11.9. The molecule has 21 heavy (non-hydrogen) atoms. The number of amides is 2. The molecule has 1 N–H and O–H groups in total. The Kier molecular flexibility index (Phi) is 7.94. The number of nitrogens with one attached hydrogen (secondary N) is 1. The third-order valence-corrected chi connectivity index (χ3v) is 3.26. The summed E-state index contributed by atoms with van der Waals surface area (Å²) < 4.78 is 4.58. The highest BCUT2D eigenvalue weighted by atomic mass is 16.5. The SMILES string of the molecule is COC(=O)CCCCCCNC(=O)N(C)c1ccccc1.[HH]. The second kappa shape index (κ2) is 9.80. The van der Waals surface area contributed by atoms with Crippen LogP contribution < -0.4 is 10.2 Å². The zero-order chi connectivity index (χ0) is 15.5. The summed E-state index contributed by atoms with van der Waals surface area (Å²) in [6, 6.07) is 9.42. The van der Waals surface area contributed by atoms with Crippen molar-refractivity contribution in [3.63, 3.8) is 0 Å². The van der Waals surface area contributed by atoms with Gasteiger partial charge in [-0.2, -0.15) is 0 Å². The molecule has 0 aliphatic carbocycles. The first kappa shape index (κ1) is 17.0. The molecule has 0 fully saturated rings. The fraction of sp³-hybridized carbons (Fsp3) is 0.500. The van der Waals surface area contributed by atoms with E-state index in [1.807, 2.05) is 30.3 Å². The molecule has 118 valence electrons. The molecular formula is C16H26N2O3. The molecule has 0 heterocycles. The van der Waals surface area contributed by atoms with E-state index in [9.17, 15) is 9.59 Å². The van der Waals surface area contributed by atoms with E-state index in [-0.39, 0.29) is 13.4 Å². The normalized spacial score (nSPS) is 10.0. The monoisotopic (exact) mass is 294 g/mol. The summed E-state index contributed by atoms with van der Waals surface area (Å²) >= 11 is 0. The second-order valence-electron chi connectivity index (χ2n) is 4.87. The van der Waals surface area contributed by atoms with E-state index in [4.69, 9.17) is 0 Å². The Morgan fingerprint density at radius 3 is 2.48 bits per heavy atom. The van der Waals surface area contributed by atoms with Crippen molar-refractivity contribution in [2.75, 3.05) is 25.6 Å². The molecule has 0 radical (unpaired) electrons. The summed E-state index contributed by atoms with van der Waals surface area (Å²) in [6.07, 6.45) is 4.19. The standard InChI is InChI=1S/C16H24N2O3.H2/c1-18(14-10-6-5-7-11-14)16(20)17-13-9-4-3-8-12-15(19)21-2;/h5-7,10-11H,3-4,8-9,12-13H2,1-2H3,(H,17,20);1H. The first-order valence-electron chi connectivity index (χ1n) is 7.28. The Hall–Kier alpha value is -2.04. The molecule has 0 atom stereocenters. The number of ether oxygens (including phenoxy) is 1. The zero-order valence-electron chi connectivity index (χ0n) is 12.8. The lowest BCUT2D eigenvalue weighted by molar-refractivity contribution is -0.140. The molecule has 0 unspecified atom stereocenters. The Bertz CT molecular complexity index is 440. The Labute approximate surface area is 127 Å². The minimum Gasteiger partial charge on any atom is -0.469 e. The van der Waals surface area contributed by atoms with Gasteiger partial charge in [0.1, 0.15) is 0 Å². The highest BCUT2D eigenvalue weighted by Gasteiger charge is 2.08. The van der Waals surface area contributed by atoms with Crippen molar-refractivity contribution in [2.45, 2.75) is 32.1 Å². The summed E-state index contributed by atoms with van der Waals surface area (Å²) in [7, 11) is 3.15. The van der Waals surface area contributed by atoms with Gasteiger partial charge in [-0.25, -0.2) is 4.79 Å². The predicted molar refractivity (Wildman–Crippen MR) is 85.5 cm³/mol. The topological polar surface area (TPSA) is 58.6 Å². The average molecular weight is 294 g/mol. The van der Waals surface area contributed by atoms with E-state index in [2.05, 4.69) is 10.1 Å². The van der Waals surface area contributed by atoms with Crippen LogP contribution in [0.5, 0.6) is 0 Å². The van der Waals surface area contributed by atoms with Crippen molar-refractivity contribution in [2.24, 2.45) is 0 Å². The van der Waals surface area contributed by atoms with Crippen LogP contribution in [0.4, 0.5) is 10.5 Å². The van der Waals surface area contributed by atoms with E-state index in [0.717, 1.165) is 31.4 Å². The molecule has 0 aliphatic rings. The molecule has 0 saturated heterocycles. The molecule has 0 saturated carbocycles. The Morgan fingerprint density at radius 1 is 1.14 bits per heavy atom. The number of hydrogen-bond acceptors (Lipinski definition) is 3. The van der Waals surface area contributed by atoms with Gasteiger partial charge in [0.25, 0.3) is 0 Å². The van der Waals surface area contributed by atoms with E-state index in [1.165, 1.54) is 7.11 Å². The first-order chi connectivity index (χ1) is 10.1. The van der Waals surface area contributed by atoms with Crippen LogP contribution in [-0.4, -0.2) is 32.7 Å². The van der Waals surface area contributed by atoms with Crippen LogP contribution in [0.1, 0.15) is 33.5 Å². The second-order valence-corrected chi connectivity index (χ2v) is 4.87. The van der Waals surface area contributed by atoms with Gasteiger partial charge in [0.15, 0.2) is 0 Å². The number of carbonyl (C=O) groups is 2. The van der Waals surface area contributed by atoms with Crippen molar-refractivity contribution in [1.82, 2.24) is 5.32 Å². The first-order valence-corrected chi connectivity index (χ1v) is 7.28. The molecule has 1 aromatic carbocycles. The summed E-state index contributed by atoms with van der Waals surface area (Å²) in [6.45, 7) is 0.647. The van der Waals surface area contributed by atoms with Gasteiger partial charge in [-0.05, 0) is 25.0 Å². The number of hydrogen-bond donors (Lipinski definition) is 1. The van der Waals surface area contributed by atoms with Crippen LogP contribution in [0.2, 0.25) is 0 Å². The van der Waals surface area contributed by atoms with Crippen molar-refractivity contribution in [3.05, 3.63) is 30.3 Å². The third kappa shape index (κ3) is 6.79. The predicted octanol–water partition coefficient (Wildman–Crippen LogP) is 3.20. The number of methoxy groups -OCH3 is 1. The van der Waals surface area contributed by atoms with Crippen molar-refractivity contribution in [3.8, 4) is 0 Å². The van der Waals surface area contributed by atoms with Gasteiger partial charge < -0.3 is 10.1 Å². The molecule has 5 nitrogen and oxygen atoms in total. The smallest absolute Gasteiger partial charge is 0.321 e. The van der Waals surface area contributed by atoms with Crippen LogP contribution in [0.3, 0.4) is 0 Å². The van der Waals surface area contributed by atoms with Crippen LogP contribution in [-0.2, 0) is 9.53 Å². The van der Waals surface area contributed by atoms with Crippen molar-refractivity contribution >= 4 is 17.7 Å². The number of para-hydroxylation sites is 1. The Balaban J connectivity index is 0.00000441. The number of benzene rings is 1. The highest BCUT2D eigenvalue weighted by molar-refractivity contribution is 5.91. The summed E-state index contributed by atoms with van der Waals surface area (Å²) in [5, 5.41) is 2.89. The van der Waals surface area contributed by atoms with Crippen LogP contribution in [0.15, 0.2) is 30.3 Å². The van der Waals surface area contributed by atoms with Gasteiger partial charge in [0, 0.05) is 27.1 Å². The fourth-order valence-electron chi connectivity index (χ4n) is 1.93. The van der Waals surface area contributed by atoms with E-state index in [0.29, 0.717) is 13.0 Å². The highest BCUT2D eigenvalue weighted by Crippen LogP contribution is 2.10. The summed E-state index contributed by atoms with van der Waals surface area (Å²) in [4.78, 5) is 24.4. The maximum Gasteiger partial charge on any atom is 0.321 e. The van der Waals surface area contributed by atoms with Crippen LogP contribution in [0, 0.1) is 0 Å². The Morgan fingerprint density at radius 2 is 1.81 bits per heavy atom. The average Bonchev–Trinajstić information content (AvgIpc) is 2.53. The van der Waals surface area contributed by atoms with Gasteiger partial charge in [-0.3, -0.25) is 9.69 Å². The van der Waals surface area contributed by atoms with Crippen molar-refractivity contribution < 1.29 is 15.8 Å². The lowest BCUT2D eigenvalue weighted by Gasteiger charge is -2.17. The maximum absolute atomic E-state index is 11.9. The molecule has 0 spiro atoms. The number of rotatable bonds is 8. The lowest BCUT2D eigenvalue weighted by atomic mass is 10.1. The molecule has 0 aliphatic heterocycles. The van der Waals surface area contributed by atoms with Gasteiger partial charge in [0.05, 0.1) is 7.11 Å². The number of unbranched alkanes of at least 4 members (excludes halogenated alkanes) is 3. The molecule has 5 heteroatoms. The lowest BCUT2D eigenvalue weighted by Crippen LogP contribution is -2.37. The molecule has 1 aromatic rings. The molecule has 2 amide bonds. The molecule has 0 bridgehead atoms. The van der Waals surface area contributed by atoms with Crippen LogP contribution in [0.25, 0.3) is 0 Å². The third-order valence-electron chi connectivity index (χ3n) is 3.26. The molecule has 0 aromatic heterocycles. The van der Waals surface area contributed by atoms with Gasteiger partial charge in [-0.15, -0.1) is 0 Å². The summed E-state index contributed by atoms with van der Waals surface area (Å²) in [5.74, 6) is -0.159. The van der Waals surface area contributed by atoms with Gasteiger partial charge in [0.2, 0.25) is 0 Å². The zero-order valence-corrected chi connectivity index (χ0v) is 12.8. The quantitative estimate of drug-likeness (QED) is 0.591. The van der Waals surface area contributed by atoms with Crippen molar-refractivity contribution in [1.29, 1.82) is 0 Å². The van der Waals surface area contributed by atoms with E-state index in [1.54, 1.807) is 11.9 Å². The van der Waals surface area contributed by atoms with Gasteiger partial charge >= 0.3 is 12.0 Å². The summed E-state index contributed by atoms with van der Waals surface area (Å²) in [5.41, 5.74) is 0.869. The number of nitrogens with zero attached hydrogens (tertiary/aromatic N) is 1. The number of urea groups is 1. The van der Waals surface area contributed by atoms with E-state index < -0.39 is 0 Å². The van der Waals surface area contributed by atoms with Crippen LogP contribution >= 0.6 is 0 Å².